The van der Waals surface area contributed by atoms with Gasteiger partial charge in [-0.1, -0.05) is 98.1 Å². The topological polar surface area (TPSA) is 133 Å². The fourth-order valence-electron chi connectivity index (χ4n) is 5.09. The van der Waals surface area contributed by atoms with Crippen molar-refractivity contribution in [1.82, 2.24) is 0 Å². The maximum absolute atomic E-state index is 12.9. The quantitative estimate of drug-likeness (QED) is 0.0368. The highest BCUT2D eigenvalue weighted by Crippen LogP contribution is 2.30. The Morgan fingerprint density at radius 3 is 0.906 bits per heavy atom. The second-order valence-corrected chi connectivity index (χ2v) is 11.1. The molecule has 0 heterocycles. The minimum Gasteiger partial charge on any atom is -0.460 e. The monoisotopic (exact) mass is 722 g/mol. The van der Waals surface area contributed by atoms with Gasteiger partial charge in [0.25, 0.3) is 0 Å². The zero-order valence-electron chi connectivity index (χ0n) is 29.4. The van der Waals surface area contributed by atoms with Gasteiger partial charge >= 0.3 is 23.9 Å². The zero-order valence-corrected chi connectivity index (χ0v) is 29.4. The molecular formula is C42H42O11. The van der Waals surface area contributed by atoms with Gasteiger partial charge in [0.1, 0.15) is 26.4 Å². The molecule has 0 bridgehead atoms. The molecule has 0 saturated heterocycles. The van der Waals surface area contributed by atoms with Gasteiger partial charge in [-0.15, -0.1) is 0 Å². The molecule has 0 unspecified atom stereocenters. The van der Waals surface area contributed by atoms with Crippen molar-refractivity contribution in [2.24, 2.45) is 0 Å². The summed E-state index contributed by atoms with van der Waals surface area (Å²) in [5.74, 6) is -2.13. The highest BCUT2D eigenvalue weighted by molar-refractivity contribution is 6.04. The molecule has 276 valence electrons. The van der Waals surface area contributed by atoms with E-state index in [9.17, 15) is 19.2 Å². The van der Waals surface area contributed by atoms with Crippen LogP contribution in [0.3, 0.4) is 0 Å². The van der Waals surface area contributed by atoms with Crippen molar-refractivity contribution in [1.29, 1.82) is 0 Å². The molecule has 4 aromatic rings. The third-order valence-corrected chi connectivity index (χ3v) is 7.50. The van der Waals surface area contributed by atoms with E-state index >= 15 is 0 Å². The Kier molecular flexibility index (Phi) is 16.7. The van der Waals surface area contributed by atoms with E-state index in [1.54, 1.807) is 97.1 Å². The van der Waals surface area contributed by atoms with Crippen molar-refractivity contribution in [3.8, 4) is 22.3 Å². The molecule has 0 atom stereocenters. The van der Waals surface area contributed by atoms with Crippen molar-refractivity contribution in [2.45, 2.75) is 0 Å². The second-order valence-electron chi connectivity index (χ2n) is 11.1. The van der Waals surface area contributed by atoms with Gasteiger partial charge in [0.2, 0.25) is 0 Å². The average molecular weight is 723 g/mol. The van der Waals surface area contributed by atoms with E-state index in [2.05, 4.69) is 13.2 Å². The Labute approximate surface area is 308 Å². The summed E-state index contributed by atoms with van der Waals surface area (Å²) in [7, 11) is 0. The Hall–Kier alpha value is -5.88. The van der Waals surface area contributed by atoms with Crippen LogP contribution in [0.25, 0.3) is 22.3 Å². The highest BCUT2D eigenvalue weighted by Gasteiger charge is 2.21. The van der Waals surface area contributed by atoms with Crippen LogP contribution in [-0.4, -0.2) is 89.9 Å². The van der Waals surface area contributed by atoms with E-state index in [1.807, 2.05) is 0 Å². The summed E-state index contributed by atoms with van der Waals surface area (Å²) in [6, 6.07) is 27.5. The van der Waals surface area contributed by atoms with Crippen molar-refractivity contribution < 1.29 is 52.3 Å². The molecule has 0 aliphatic carbocycles. The number of carbonyl (C=O) groups excluding carboxylic acids is 4. The molecule has 0 N–H and O–H groups in total. The Morgan fingerprint density at radius 2 is 0.623 bits per heavy atom. The maximum atomic E-state index is 12.9. The number of carbonyl (C=O) groups is 4. The molecule has 0 aliphatic rings. The van der Waals surface area contributed by atoms with Crippen LogP contribution in [0.5, 0.6) is 0 Å². The number of rotatable bonds is 22. The van der Waals surface area contributed by atoms with Crippen LogP contribution in [0.2, 0.25) is 0 Å². The van der Waals surface area contributed by atoms with E-state index in [0.29, 0.717) is 57.7 Å². The number of hydrogen-bond donors (Lipinski definition) is 0. The van der Waals surface area contributed by atoms with Gasteiger partial charge in [-0.2, -0.15) is 0 Å². The van der Waals surface area contributed by atoms with Gasteiger partial charge < -0.3 is 33.2 Å². The van der Waals surface area contributed by atoms with Gasteiger partial charge in [0, 0.05) is 0 Å². The van der Waals surface area contributed by atoms with Crippen molar-refractivity contribution >= 4 is 23.9 Å². The molecule has 0 aromatic heterocycles. The molecule has 0 amide bonds. The summed E-state index contributed by atoms with van der Waals surface area (Å²) in [6.45, 7) is 8.81. The molecule has 11 heteroatoms. The van der Waals surface area contributed by atoms with Crippen LogP contribution in [0.4, 0.5) is 0 Å². The summed E-state index contributed by atoms with van der Waals surface area (Å²) in [5, 5.41) is 0. The normalized spacial score (nSPS) is 10.6. The predicted molar refractivity (Wildman–Crippen MR) is 198 cm³/mol. The van der Waals surface area contributed by atoms with Crippen LogP contribution in [0, 0.1) is 0 Å². The SMILES string of the molecule is C=CCOC(=O)c1ccccc1-c1ccccc1C(=O)OCCOCCOCCOCCOC(=O)c1ccccc1-c1ccccc1C(=O)OCC=C. The van der Waals surface area contributed by atoms with Crippen LogP contribution in [0.15, 0.2) is 122 Å². The van der Waals surface area contributed by atoms with Crippen LogP contribution >= 0.6 is 0 Å². The lowest BCUT2D eigenvalue weighted by atomic mass is 9.95. The lowest BCUT2D eigenvalue weighted by Gasteiger charge is -2.13. The number of esters is 4. The van der Waals surface area contributed by atoms with Crippen molar-refractivity contribution in [3.63, 3.8) is 0 Å². The van der Waals surface area contributed by atoms with Crippen molar-refractivity contribution in [2.75, 3.05) is 66.1 Å². The molecule has 4 rings (SSSR count). The molecule has 0 aliphatic heterocycles. The van der Waals surface area contributed by atoms with E-state index in [4.69, 9.17) is 33.2 Å². The number of ether oxygens (including phenoxy) is 7. The fourth-order valence-corrected chi connectivity index (χ4v) is 5.09. The first-order chi connectivity index (χ1) is 26.0. The van der Waals surface area contributed by atoms with Gasteiger partial charge in [-0.25, -0.2) is 19.2 Å². The smallest absolute Gasteiger partial charge is 0.339 e. The minimum atomic E-state index is -0.548. The van der Waals surface area contributed by atoms with Crippen LogP contribution in [0.1, 0.15) is 41.4 Å². The second kappa shape index (κ2) is 22.1. The molecule has 53 heavy (non-hydrogen) atoms. The molecule has 0 saturated carbocycles. The molecule has 0 fully saturated rings. The first kappa shape index (κ1) is 39.9. The maximum Gasteiger partial charge on any atom is 0.339 e. The molecule has 0 spiro atoms. The van der Waals surface area contributed by atoms with E-state index < -0.39 is 23.9 Å². The summed E-state index contributed by atoms with van der Waals surface area (Å²) in [4.78, 5) is 51.0. The molecular weight excluding hydrogens is 680 g/mol. The van der Waals surface area contributed by atoms with Gasteiger partial charge in [0.15, 0.2) is 0 Å². The zero-order chi connectivity index (χ0) is 37.7. The third kappa shape index (κ3) is 12.1. The van der Waals surface area contributed by atoms with E-state index in [0.717, 1.165) is 0 Å². The Morgan fingerprint density at radius 1 is 0.377 bits per heavy atom. The molecule has 4 aromatic carbocycles. The van der Waals surface area contributed by atoms with Crippen LogP contribution < -0.4 is 0 Å². The molecule has 11 nitrogen and oxygen atoms in total. The summed E-state index contributed by atoms with van der Waals surface area (Å²) < 4.78 is 37.8. The lowest BCUT2D eigenvalue weighted by molar-refractivity contribution is -0.00673. The standard InChI is InChI=1S/C42H42O11/c1-3-21-50-39(43)35-17-9-5-13-31(35)33-15-7-11-19-37(33)41(45)52-29-27-48-25-23-47-24-26-49-28-30-53-42(46)38-20-12-8-16-34(38)32-14-6-10-18-36(32)40(44)51-22-4-2/h3-20H,1-2,21-30H2. The lowest BCUT2D eigenvalue weighted by Crippen LogP contribution is -2.16. The summed E-state index contributed by atoms with van der Waals surface area (Å²) in [6.07, 6.45) is 2.97. The van der Waals surface area contributed by atoms with Gasteiger partial charge in [-0.3, -0.25) is 0 Å². The third-order valence-electron chi connectivity index (χ3n) is 7.50. The van der Waals surface area contributed by atoms with Gasteiger partial charge in [-0.05, 0) is 46.5 Å². The summed E-state index contributed by atoms with van der Waals surface area (Å²) in [5.41, 5.74) is 3.47. The van der Waals surface area contributed by atoms with Crippen LogP contribution in [-0.2, 0) is 33.2 Å². The van der Waals surface area contributed by atoms with E-state index in [1.165, 1.54) is 12.2 Å². The number of benzene rings is 4. The van der Waals surface area contributed by atoms with Gasteiger partial charge in [0.05, 0.1) is 61.9 Å². The largest absolute Gasteiger partial charge is 0.460 e. The first-order valence-electron chi connectivity index (χ1n) is 17.0. The highest BCUT2D eigenvalue weighted by atomic mass is 16.6. The molecule has 0 radical (unpaired) electrons. The summed E-state index contributed by atoms with van der Waals surface area (Å²) >= 11 is 0. The Balaban J connectivity index is 1.10. The number of hydrogen-bond acceptors (Lipinski definition) is 11. The predicted octanol–water partition coefficient (Wildman–Crippen LogP) is 6.77. The van der Waals surface area contributed by atoms with Crippen molar-refractivity contribution in [3.05, 3.63) is 145 Å². The van der Waals surface area contributed by atoms with E-state index in [-0.39, 0.29) is 52.9 Å². The Bertz CT molecular complexity index is 1720. The minimum absolute atomic E-state index is 0.0251. The average Bonchev–Trinajstić information content (AvgIpc) is 3.20. The fraction of sp³-hybridized carbons (Fsp3) is 0.238. The first-order valence-corrected chi connectivity index (χ1v) is 17.0.